The van der Waals surface area contributed by atoms with Gasteiger partial charge in [0.05, 0.1) is 5.41 Å². The van der Waals surface area contributed by atoms with E-state index < -0.39 is 11.3 Å². The third-order valence-corrected chi connectivity index (χ3v) is 6.02. The summed E-state index contributed by atoms with van der Waals surface area (Å²) in [5, 5.41) is 8.98. The molecule has 2 aromatic rings. The van der Waals surface area contributed by atoms with Gasteiger partial charge in [-0.2, -0.15) is 0 Å². The van der Waals surface area contributed by atoms with Crippen LogP contribution < -0.4 is 5.48 Å². The van der Waals surface area contributed by atoms with Crippen LogP contribution in [0.2, 0.25) is 0 Å². The standard InChI is InChI=1S/C20H19BrN2O3/c21-15-5-1-3-13(9-15)12-23-8-7-20(19(23)25)10-14-4-2-6-16(17(14)11-20)18(24)22-26/h1-6,9,26H,7-8,10-12H2,(H,22,24). The van der Waals surface area contributed by atoms with Gasteiger partial charge in [-0.25, -0.2) is 5.48 Å². The van der Waals surface area contributed by atoms with Gasteiger partial charge in [-0.3, -0.25) is 14.8 Å². The summed E-state index contributed by atoms with van der Waals surface area (Å²) in [5.41, 5.74) is 4.72. The summed E-state index contributed by atoms with van der Waals surface area (Å²) in [5.74, 6) is -0.362. The normalized spacial score (nSPS) is 21.3. The molecule has 4 rings (SSSR count). The largest absolute Gasteiger partial charge is 0.338 e. The van der Waals surface area contributed by atoms with E-state index in [1.54, 1.807) is 17.6 Å². The number of halogens is 1. The van der Waals surface area contributed by atoms with Crippen LogP contribution in [0.4, 0.5) is 0 Å². The highest BCUT2D eigenvalue weighted by molar-refractivity contribution is 9.10. The zero-order chi connectivity index (χ0) is 18.3. The fourth-order valence-corrected chi connectivity index (χ4v) is 4.72. The summed E-state index contributed by atoms with van der Waals surface area (Å²) in [6.45, 7) is 1.32. The van der Waals surface area contributed by atoms with Crippen molar-refractivity contribution < 1.29 is 14.8 Å². The molecule has 1 atom stereocenters. The molecular weight excluding hydrogens is 396 g/mol. The molecule has 1 heterocycles. The van der Waals surface area contributed by atoms with E-state index in [0.29, 0.717) is 24.9 Å². The maximum absolute atomic E-state index is 13.2. The molecule has 0 saturated carbocycles. The van der Waals surface area contributed by atoms with E-state index in [1.165, 1.54) is 0 Å². The lowest BCUT2D eigenvalue weighted by atomic mass is 9.83. The van der Waals surface area contributed by atoms with Gasteiger partial charge in [-0.15, -0.1) is 0 Å². The highest BCUT2D eigenvalue weighted by Gasteiger charge is 2.50. The summed E-state index contributed by atoms with van der Waals surface area (Å²) in [6.07, 6.45) is 2.00. The molecule has 5 nitrogen and oxygen atoms in total. The second-order valence-corrected chi connectivity index (χ2v) is 8.04. The molecule has 0 bridgehead atoms. The molecule has 2 amide bonds. The molecule has 1 spiro atoms. The minimum atomic E-state index is -0.518. The quantitative estimate of drug-likeness (QED) is 0.598. The van der Waals surface area contributed by atoms with Crippen LogP contribution in [-0.2, 0) is 24.2 Å². The molecule has 26 heavy (non-hydrogen) atoms. The monoisotopic (exact) mass is 414 g/mol. The van der Waals surface area contributed by atoms with Crippen molar-refractivity contribution in [2.24, 2.45) is 5.41 Å². The van der Waals surface area contributed by atoms with Crippen molar-refractivity contribution in [3.05, 3.63) is 69.2 Å². The van der Waals surface area contributed by atoms with Crippen LogP contribution in [0.25, 0.3) is 0 Å². The second-order valence-electron chi connectivity index (χ2n) is 7.12. The van der Waals surface area contributed by atoms with Crippen LogP contribution in [0.3, 0.4) is 0 Å². The van der Waals surface area contributed by atoms with E-state index in [2.05, 4.69) is 15.9 Å². The number of amides is 2. The summed E-state index contributed by atoms with van der Waals surface area (Å²) >= 11 is 3.47. The molecule has 1 fully saturated rings. The number of hydrogen-bond donors (Lipinski definition) is 2. The lowest BCUT2D eigenvalue weighted by Gasteiger charge is -2.23. The molecule has 2 N–H and O–H groups in total. The molecule has 1 aliphatic heterocycles. The first-order valence-electron chi connectivity index (χ1n) is 8.61. The van der Waals surface area contributed by atoms with Gasteiger partial charge >= 0.3 is 0 Å². The highest BCUT2D eigenvalue weighted by Crippen LogP contribution is 2.46. The minimum Gasteiger partial charge on any atom is -0.338 e. The Bertz CT molecular complexity index is 898. The van der Waals surface area contributed by atoms with Crippen molar-refractivity contribution in [3.8, 4) is 0 Å². The van der Waals surface area contributed by atoms with E-state index >= 15 is 0 Å². The Labute approximate surface area is 160 Å². The van der Waals surface area contributed by atoms with Crippen molar-refractivity contribution in [2.75, 3.05) is 6.54 Å². The van der Waals surface area contributed by atoms with Gasteiger partial charge in [0, 0.05) is 23.1 Å². The predicted molar refractivity (Wildman–Crippen MR) is 99.7 cm³/mol. The van der Waals surface area contributed by atoms with E-state index in [0.717, 1.165) is 34.1 Å². The fourth-order valence-electron chi connectivity index (χ4n) is 4.27. The third kappa shape index (κ3) is 2.83. The Hall–Kier alpha value is -2.18. The number of likely N-dealkylation sites (tertiary alicyclic amines) is 1. The maximum Gasteiger partial charge on any atom is 0.274 e. The Morgan fingerprint density at radius 1 is 1.23 bits per heavy atom. The van der Waals surface area contributed by atoms with E-state index in [9.17, 15) is 9.59 Å². The van der Waals surface area contributed by atoms with Gasteiger partial charge in [0.25, 0.3) is 5.91 Å². The van der Waals surface area contributed by atoms with Crippen LogP contribution in [0.5, 0.6) is 0 Å². The molecular formula is C20H19BrN2O3. The fraction of sp³-hybridized carbons (Fsp3) is 0.300. The van der Waals surface area contributed by atoms with Crippen LogP contribution in [0.1, 0.15) is 33.5 Å². The van der Waals surface area contributed by atoms with Crippen molar-refractivity contribution in [2.45, 2.75) is 25.8 Å². The molecule has 0 radical (unpaired) electrons. The maximum atomic E-state index is 13.2. The summed E-state index contributed by atoms with van der Waals surface area (Å²) < 4.78 is 1.00. The topological polar surface area (TPSA) is 69.6 Å². The number of nitrogens with zero attached hydrogens (tertiary/aromatic N) is 1. The number of carbonyl (C=O) groups excluding carboxylic acids is 2. The first kappa shape index (κ1) is 17.2. The molecule has 1 saturated heterocycles. The molecule has 1 aliphatic carbocycles. The number of fused-ring (bicyclic) bond motifs is 1. The molecule has 0 aromatic heterocycles. The third-order valence-electron chi connectivity index (χ3n) is 5.53. The van der Waals surface area contributed by atoms with Crippen LogP contribution >= 0.6 is 15.9 Å². The Kier molecular flexibility index (Phi) is 4.32. The first-order chi connectivity index (χ1) is 12.5. The summed E-state index contributed by atoms with van der Waals surface area (Å²) in [7, 11) is 0. The van der Waals surface area contributed by atoms with Gasteiger partial charge in [0.15, 0.2) is 0 Å². The summed E-state index contributed by atoms with van der Waals surface area (Å²) in [6, 6.07) is 13.5. The average Bonchev–Trinajstić information content (AvgIpc) is 3.16. The molecule has 6 heteroatoms. The second kappa shape index (κ2) is 6.52. The lowest BCUT2D eigenvalue weighted by molar-refractivity contribution is -0.136. The van der Waals surface area contributed by atoms with Crippen molar-refractivity contribution in [1.29, 1.82) is 0 Å². The van der Waals surface area contributed by atoms with Gasteiger partial charge < -0.3 is 4.90 Å². The number of benzene rings is 2. The van der Waals surface area contributed by atoms with Crippen LogP contribution in [0, 0.1) is 5.41 Å². The van der Waals surface area contributed by atoms with Crippen LogP contribution in [-0.4, -0.2) is 28.5 Å². The van der Waals surface area contributed by atoms with E-state index in [-0.39, 0.29) is 5.91 Å². The number of carbonyl (C=O) groups is 2. The summed E-state index contributed by atoms with van der Waals surface area (Å²) in [4.78, 5) is 27.1. The zero-order valence-corrected chi connectivity index (χ0v) is 15.8. The van der Waals surface area contributed by atoms with Crippen molar-refractivity contribution in [3.63, 3.8) is 0 Å². The SMILES string of the molecule is O=C(NO)c1cccc2c1CC1(CCN(Cc3cccc(Br)c3)C1=O)C2. The van der Waals surface area contributed by atoms with Gasteiger partial charge in [0.1, 0.15) is 0 Å². The average molecular weight is 415 g/mol. The van der Waals surface area contributed by atoms with E-state index in [1.807, 2.05) is 35.2 Å². The minimum absolute atomic E-state index is 0.157. The van der Waals surface area contributed by atoms with Crippen molar-refractivity contribution >= 4 is 27.7 Å². The molecule has 1 unspecified atom stereocenters. The van der Waals surface area contributed by atoms with Gasteiger partial charge in [0.2, 0.25) is 5.91 Å². The van der Waals surface area contributed by atoms with Crippen molar-refractivity contribution in [1.82, 2.24) is 10.4 Å². The van der Waals surface area contributed by atoms with E-state index in [4.69, 9.17) is 5.21 Å². The predicted octanol–water partition coefficient (Wildman–Crippen LogP) is 3.09. The number of hydroxylamine groups is 1. The van der Waals surface area contributed by atoms with Gasteiger partial charge in [-0.05, 0) is 54.2 Å². The van der Waals surface area contributed by atoms with Gasteiger partial charge in [-0.1, -0.05) is 40.2 Å². The number of hydrogen-bond acceptors (Lipinski definition) is 3. The number of rotatable bonds is 3. The Morgan fingerprint density at radius 2 is 2.04 bits per heavy atom. The van der Waals surface area contributed by atoms with Crippen LogP contribution in [0.15, 0.2) is 46.9 Å². The highest BCUT2D eigenvalue weighted by atomic mass is 79.9. The molecule has 2 aliphatic rings. The molecule has 134 valence electrons. The Balaban J connectivity index is 1.57. The molecule has 2 aromatic carbocycles. The smallest absolute Gasteiger partial charge is 0.274 e. The lowest BCUT2D eigenvalue weighted by Crippen LogP contribution is -2.35. The first-order valence-corrected chi connectivity index (χ1v) is 9.41. The zero-order valence-electron chi connectivity index (χ0n) is 14.2. The number of nitrogens with one attached hydrogen (secondary N) is 1. The Morgan fingerprint density at radius 3 is 2.81 bits per heavy atom.